The van der Waals surface area contributed by atoms with Crippen LogP contribution in [0.5, 0.6) is 0 Å². The van der Waals surface area contributed by atoms with E-state index in [0.29, 0.717) is 22.6 Å². The fourth-order valence-corrected chi connectivity index (χ4v) is 2.52. The first kappa shape index (κ1) is 17.7. The Labute approximate surface area is 150 Å². The molecule has 1 amide bonds. The van der Waals surface area contributed by atoms with Crippen molar-refractivity contribution in [2.75, 3.05) is 0 Å². The molecule has 0 bridgehead atoms. The van der Waals surface area contributed by atoms with E-state index in [1.807, 2.05) is 0 Å². The minimum atomic E-state index is -0.841. The lowest BCUT2D eigenvalue weighted by molar-refractivity contribution is -0.150. The number of aryl methyl sites for hydroxylation is 1. The molecule has 1 aromatic carbocycles. The van der Waals surface area contributed by atoms with Crippen LogP contribution in [0.25, 0.3) is 11.1 Å². The number of carbonyl (C=O) groups is 2. The second-order valence-corrected chi connectivity index (χ2v) is 6.19. The van der Waals surface area contributed by atoms with Gasteiger partial charge in [0.25, 0.3) is 5.91 Å². The number of oxazole rings is 1. The van der Waals surface area contributed by atoms with Crippen molar-refractivity contribution < 1.29 is 18.7 Å². The molecule has 1 N–H and O–H groups in total. The molecule has 2 heterocycles. The third-order valence-corrected chi connectivity index (χ3v) is 3.65. The van der Waals surface area contributed by atoms with Gasteiger partial charge in [0.05, 0.1) is 19.0 Å². The summed E-state index contributed by atoms with van der Waals surface area (Å²) in [5.41, 5.74) is 1.57. The zero-order valence-corrected chi connectivity index (χ0v) is 14.8. The molecule has 0 aliphatic heterocycles. The van der Waals surface area contributed by atoms with Gasteiger partial charge in [-0.25, -0.2) is 14.8 Å². The molecule has 3 rings (SSSR count). The van der Waals surface area contributed by atoms with Gasteiger partial charge in [0.2, 0.25) is 0 Å². The second kappa shape index (κ2) is 7.38. The first-order chi connectivity index (χ1) is 12.4. The topological polar surface area (TPSA) is 99.2 Å². The minimum absolute atomic E-state index is 0.223. The zero-order valence-electron chi connectivity index (χ0n) is 14.8. The highest BCUT2D eigenvalue weighted by atomic mass is 16.5. The first-order valence-electron chi connectivity index (χ1n) is 8.26. The van der Waals surface area contributed by atoms with Gasteiger partial charge in [-0.3, -0.25) is 4.79 Å². The van der Waals surface area contributed by atoms with Gasteiger partial charge in [0.1, 0.15) is 11.6 Å². The molecule has 26 heavy (non-hydrogen) atoms. The number of aromatic nitrogens is 3. The molecule has 1 atom stereocenters. The van der Waals surface area contributed by atoms with E-state index in [-0.39, 0.29) is 12.6 Å². The van der Waals surface area contributed by atoms with Crippen LogP contribution in [0.15, 0.2) is 41.3 Å². The normalized spacial score (nSPS) is 12.3. The van der Waals surface area contributed by atoms with Crippen LogP contribution in [0.2, 0.25) is 0 Å². The molecule has 0 unspecified atom stereocenters. The van der Waals surface area contributed by atoms with Gasteiger partial charge in [-0.05, 0) is 32.0 Å². The highest BCUT2D eigenvalue weighted by Crippen LogP contribution is 2.17. The molecule has 3 aromatic rings. The van der Waals surface area contributed by atoms with Crippen LogP contribution >= 0.6 is 0 Å². The van der Waals surface area contributed by atoms with Crippen molar-refractivity contribution >= 4 is 23.0 Å². The van der Waals surface area contributed by atoms with E-state index in [0.717, 1.165) is 0 Å². The molecule has 0 spiro atoms. The van der Waals surface area contributed by atoms with Gasteiger partial charge in [-0.15, -0.1) is 0 Å². The highest BCUT2D eigenvalue weighted by Gasteiger charge is 2.24. The van der Waals surface area contributed by atoms with Gasteiger partial charge >= 0.3 is 5.97 Å². The minimum Gasteiger partial charge on any atom is -0.461 e. The summed E-state index contributed by atoms with van der Waals surface area (Å²) in [4.78, 5) is 33.1. The summed E-state index contributed by atoms with van der Waals surface area (Å²) in [6.45, 7) is 5.48. The van der Waals surface area contributed by atoms with Crippen molar-refractivity contribution in [3.05, 3.63) is 48.4 Å². The summed E-state index contributed by atoms with van der Waals surface area (Å²) in [7, 11) is 0. The number of benzene rings is 1. The zero-order chi connectivity index (χ0) is 18.7. The maximum absolute atomic E-state index is 12.6. The number of hydrogen-bond acceptors (Lipinski definition) is 6. The Hall–Kier alpha value is -3.16. The number of ether oxygens (including phenoxy) is 1. The molecule has 0 aliphatic rings. The van der Waals surface area contributed by atoms with Gasteiger partial charge < -0.3 is 19.0 Å². The maximum atomic E-state index is 12.6. The molecule has 2 aromatic heterocycles. The summed E-state index contributed by atoms with van der Waals surface area (Å²) in [6.07, 6.45) is 4.61. The van der Waals surface area contributed by atoms with E-state index in [1.54, 1.807) is 62.3 Å². The molecule has 0 saturated heterocycles. The van der Waals surface area contributed by atoms with Crippen molar-refractivity contribution in [1.82, 2.24) is 19.9 Å². The van der Waals surface area contributed by atoms with Gasteiger partial charge in [-0.2, -0.15) is 0 Å². The summed E-state index contributed by atoms with van der Waals surface area (Å²) < 4.78 is 12.4. The Morgan fingerprint density at radius 2 is 2.15 bits per heavy atom. The van der Waals surface area contributed by atoms with Crippen LogP contribution in [0.4, 0.5) is 0 Å². The average Bonchev–Trinajstić information content (AvgIpc) is 3.20. The predicted molar refractivity (Wildman–Crippen MR) is 93.5 cm³/mol. The Bertz CT molecular complexity index is 915. The largest absolute Gasteiger partial charge is 0.461 e. The lowest BCUT2D eigenvalue weighted by atomic mass is 10.1. The average molecular weight is 356 g/mol. The second-order valence-electron chi connectivity index (χ2n) is 6.19. The molecule has 8 nitrogen and oxygen atoms in total. The molecule has 8 heteroatoms. The molecular formula is C18H20N4O4. The van der Waals surface area contributed by atoms with E-state index in [2.05, 4.69) is 15.3 Å². The summed E-state index contributed by atoms with van der Waals surface area (Å²) >= 11 is 0. The van der Waals surface area contributed by atoms with E-state index >= 15 is 0 Å². The fraction of sp³-hybridized carbons (Fsp3) is 0.333. The number of amides is 1. The van der Waals surface area contributed by atoms with Crippen molar-refractivity contribution in [3.63, 3.8) is 0 Å². The number of nitrogens with zero attached hydrogens (tertiary/aromatic N) is 3. The fourth-order valence-electron chi connectivity index (χ4n) is 2.52. The van der Waals surface area contributed by atoms with Crippen LogP contribution in [0.1, 0.15) is 30.1 Å². The molecule has 0 aliphatic carbocycles. The van der Waals surface area contributed by atoms with Gasteiger partial charge in [0.15, 0.2) is 11.5 Å². The number of hydrogen-bond donors (Lipinski definition) is 1. The standard InChI is InChI=1S/C18H20N4O4/c1-11(2)25-18(24)15(9-22-7-6-19-10-22)21-17(23)13-4-5-14-16(8-13)26-12(3)20-14/h4-8,10-11,15H,9H2,1-3H3,(H,21,23)/t15-/m0/s1. The van der Waals surface area contributed by atoms with Gasteiger partial charge in [-0.1, -0.05) is 0 Å². The van der Waals surface area contributed by atoms with Crippen LogP contribution in [0.3, 0.4) is 0 Å². The number of nitrogens with one attached hydrogen (secondary N) is 1. The lowest BCUT2D eigenvalue weighted by Crippen LogP contribution is -2.45. The number of esters is 1. The summed E-state index contributed by atoms with van der Waals surface area (Å²) in [6, 6.07) is 4.11. The Morgan fingerprint density at radius 3 is 2.85 bits per heavy atom. The van der Waals surface area contributed by atoms with Crippen molar-refractivity contribution in [1.29, 1.82) is 0 Å². The highest BCUT2D eigenvalue weighted by molar-refractivity contribution is 5.99. The van der Waals surface area contributed by atoms with Crippen molar-refractivity contribution in [3.8, 4) is 0 Å². The number of imidazole rings is 1. The van der Waals surface area contributed by atoms with Crippen molar-refractivity contribution in [2.24, 2.45) is 0 Å². The smallest absolute Gasteiger partial charge is 0.330 e. The quantitative estimate of drug-likeness (QED) is 0.679. The summed E-state index contributed by atoms with van der Waals surface area (Å²) in [5.74, 6) is -0.374. The van der Waals surface area contributed by atoms with Crippen LogP contribution in [-0.2, 0) is 16.1 Å². The number of fused-ring (bicyclic) bond motifs is 1. The SMILES string of the molecule is Cc1nc2ccc(C(=O)N[C@@H](Cn3ccnc3)C(=O)OC(C)C)cc2o1. The van der Waals surface area contributed by atoms with Gasteiger partial charge in [0, 0.05) is 24.9 Å². The van der Waals surface area contributed by atoms with Crippen molar-refractivity contribution in [2.45, 2.75) is 39.5 Å². The maximum Gasteiger partial charge on any atom is 0.330 e. The van der Waals surface area contributed by atoms with E-state index in [9.17, 15) is 9.59 Å². The third-order valence-electron chi connectivity index (χ3n) is 3.65. The predicted octanol–water partition coefficient (Wildman–Crippen LogP) is 2.08. The van der Waals surface area contributed by atoms with E-state index < -0.39 is 17.9 Å². The Morgan fingerprint density at radius 1 is 1.35 bits per heavy atom. The number of carbonyl (C=O) groups excluding carboxylic acids is 2. The molecule has 0 radical (unpaired) electrons. The van der Waals surface area contributed by atoms with Crippen LogP contribution in [-0.4, -0.2) is 38.6 Å². The molecule has 0 fully saturated rings. The Balaban J connectivity index is 1.79. The van der Waals surface area contributed by atoms with E-state index in [1.165, 1.54) is 0 Å². The number of rotatable bonds is 6. The molecular weight excluding hydrogens is 336 g/mol. The molecule has 0 saturated carbocycles. The first-order valence-corrected chi connectivity index (χ1v) is 8.26. The Kier molecular flexibility index (Phi) is 5.01. The third kappa shape index (κ3) is 4.08. The van der Waals surface area contributed by atoms with Crippen LogP contribution in [0, 0.1) is 6.92 Å². The van der Waals surface area contributed by atoms with E-state index in [4.69, 9.17) is 9.15 Å². The van der Waals surface area contributed by atoms with Crippen LogP contribution < -0.4 is 5.32 Å². The summed E-state index contributed by atoms with van der Waals surface area (Å²) in [5, 5.41) is 2.72. The monoisotopic (exact) mass is 356 g/mol. The lowest BCUT2D eigenvalue weighted by Gasteiger charge is -2.19. The molecule has 136 valence electrons.